The highest BCUT2D eigenvalue weighted by molar-refractivity contribution is 5.19. The largest absolute Gasteiger partial charge is 0.319 e. The van der Waals surface area contributed by atoms with Gasteiger partial charge in [-0.3, -0.25) is 0 Å². The third-order valence-electron chi connectivity index (χ3n) is 1.69. The second kappa shape index (κ2) is 12.1. The molecule has 1 N–H and O–H groups in total. The molecule has 1 aromatic rings. The van der Waals surface area contributed by atoms with Crippen molar-refractivity contribution in [3.63, 3.8) is 0 Å². The summed E-state index contributed by atoms with van der Waals surface area (Å²) in [4.78, 5) is 0. The van der Waals surface area contributed by atoms with Crippen molar-refractivity contribution in [3.05, 3.63) is 35.4 Å². The molecule has 0 saturated heterocycles. The van der Waals surface area contributed by atoms with E-state index in [1.807, 2.05) is 27.7 Å². The first-order chi connectivity index (χ1) is 7.75. The van der Waals surface area contributed by atoms with Gasteiger partial charge in [0.05, 0.1) is 0 Å². The zero-order chi connectivity index (χ0) is 13.0. The van der Waals surface area contributed by atoms with Crippen LogP contribution in [-0.2, 0) is 6.42 Å². The first-order valence-corrected chi connectivity index (χ1v) is 5.83. The average Bonchev–Trinajstić information content (AvgIpc) is 2.34. The zero-order valence-electron chi connectivity index (χ0n) is 10.9. The van der Waals surface area contributed by atoms with Gasteiger partial charge in [0.25, 0.3) is 0 Å². The van der Waals surface area contributed by atoms with Crippen molar-refractivity contribution < 1.29 is 8.78 Å². The van der Waals surface area contributed by atoms with Crippen LogP contribution in [0.1, 0.15) is 33.3 Å². The number of rotatable bonds is 3. The van der Waals surface area contributed by atoms with Crippen molar-refractivity contribution in [2.75, 3.05) is 13.6 Å². The molecule has 0 aliphatic carbocycles. The maximum atomic E-state index is 12.9. The highest BCUT2D eigenvalue weighted by Crippen LogP contribution is 2.11. The lowest BCUT2D eigenvalue weighted by Gasteiger charge is -2.03. The minimum absolute atomic E-state index is 0.159. The van der Waals surface area contributed by atoms with Gasteiger partial charge in [-0.1, -0.05) is 33.8 Å². The van der Waals surface area contributed by atoms with Crippen molar-refractivity contribution in [3.8, 4) is 0 Å². The summed E-state index contributed by atoms with van der Waals surface area (Å²) in [5.74, 6) is -0.935. The van der Waals surface area contributed by atoms with Crippen LogP contribution in [0.25, 0.3) is 0 Å². The van der Waals surface area contributed by atoms with E-state index in [2.05, 4.69) is 5.32 Å². The Hall–Kier alpha value is -0.960. The van der Waals surface area contributed by atoms with Crippen LogP contribution in [0.5, 0.6) is 0 Å². The van der Waals surface area contributed by atoms with Crippen LogP contribution >= 0.6 is 0 Å². The van der Waals surface area contributed by atoms with E-state index in [0.29, 0.717) is 13.0 Å². The highest BCUT2D eigenvalue weighted by atomic mass is 19.1. The zero-order valence-corrected chi connectivity index (χ0v) is 10.9. The fraction of sp³-hybridized carbons (Fsp3) is 0.538. The normalized spacial score (nSPS) is 8.44. The minimum Gasteiger partial charge on any atom is -0.319 e. The summed E-state index contributed by atoms with van der Waals surface area (Å²) in [5, 5.41) is 2.84. The van der Waals surface area contributed by atoms with Gasteiger partial charge in [-0.25, -0.2) is 8.78 Å². The summed E-state index contributed by atoms with van der Waals surface area (Å²) in [6.07, 6.45) is 0.384. The lowest BCUT2D eigenvalue weighted by Crippen LogP contribution is -2.12. The smallest absolute Gasteiger partial charge is 0.129 e. The molecule has 0 heterocycles. The summed E-state index contributed by atoms with van der Waals surface area (Å²) in [6.45, 7) is 8.58. The number of nitrogens with one attached hydrogen (secondary N) is 1. The molecular formula is C13H23F2N. The van der Waals surface area contributed by atoms with E-state index in [1.54, 1.807) is 7.05 Å². The maximum Gasteiger partial charge on any atom is 0.129 e. The van der Waals surface area contributed by atoms with Gasteiger partial charge in [0.2, 0.25) is 0 Å². The third-order valence-corrected chi connectivity index (χ3v) is 1.69. The number of hydrogen-bond acceptors (Lipinski definition) is 1. The molecule has 0 spiro atoms. The van der Waals surface area contributed by atoms with Crippen LogP contribution in [0.15, 0.2) is 18.2 Å². The van der Waals surface area contributed by atoms with Gasteiger partial charge in [-0.15, -0.1) is 0 Å². The Kier molecular flexibility index (Phi) is 13.2. The molecule has 0 radical (unpaired) electrons. The molecule has 0 atom stereocenters. The molecule has 1 rings (SSSR count). The van der Waals surface area contributed by atoms with Gasteiger partial charge >= 0.3 is 0 Å². The van der Waals surface area contributed by atoms with Crippen LogP contribution in [0, 0.1) is 11.6 Å². The monoisotopic (exact) mass is 231 g/mol. The van der Waals surface area contributed by atoms with E-state index in [1.165, 1.54) is 18.2 Å². The molecule has 0 amide bonds. The minimum atomic E-state index is -0.467. The fourth-order valence-electron chi connectivity index (χ4n) is 1.02. The van der Waals surface area contributed by atoms with Crippen molar-refractivity contribution in [2.45, 2.75) is 34.1 Å². The Morgan fingerprint density at radius 3 is 1.81 bits per heavy atom. The van der Waals surface area contributed by atoms with Crippen molar-refractivity contribution in [2.24, 2.45) is 0 Å². The van der Waals surface area contributed by atoms with Crippen molar-refractivity contribution >= 4 is 0 Å². The van der Waals surface area contributed by atoms with Gasteiger partial charge < -0.3 is 5.32 Å². The SMILES string of the molecule is CC.CC.CNCCc1c(F)cccc1F. The summed E-state index contributed by atoms with van der Waals surface area (Å²) < 4.78 is 25.8. The standard InChI is InChI=1S/C9H11F2N.2C2H6/c1-12-6-5-7-8(10)3-2-4-9(7)11;2*1-2/h2-4,12H,5-6H2,1H3;2*1-2H3. The Bertz CT molecular complexity index is 242. The molecule has 0 unspecified atom stereocenters. The molecule has 0 fully saturated rings. The molecule has 0 saturated carbocycles. The second-order valence-corrected chi connectivity index (χ2v) is 2.55. The predicted octanol–water partition coefficient (Wildman–Crippen LogP) is 3.78. The quantitative estimate of drug-likeness (QED) is 0.834. The molecule has 0 bridgehead atoms. The van der Waals surface area contributed by atoms with E-state index in [0.717, 1.165) is 0 Å². The van der Waals surface area contributed by atoms with E-state index in [-0.39, 0.29) is 5.56 Å². The average molecular weight is 231 g/mol. The second-order valence-electron chi connectivity index (χ2n) is 2.55. The Morgan fingerprint density at radius 1 is 1.00 bits per heavy atom. The van der Waals surface area contributed by atoms with Gasteiger partial charge in [0, 0.05) is 5.56 Å². The third kappa shape index (κ3) is 6.51. The molecule has 1 nitrogen and oxygen atoms in total. The summed E-state index contributed by atoms with van der Waals surface area (Å²) in [5.41, 5.74) is 0.159. The van der Waals surface area contributed by atoms with Gasteiger partial charge in [-0.05, 0) is 32.1 Å². The Morgan fingerprint density at radius 2 is 1.44 bits per heavy atom. The topological polar surface area (TPSA) is 12.0 Å². The first kappa shape index (κ1) is 17.4. The maximum absolute atomic E-state index is 12.9. The molecule has 0 aromatic heterocycles. The first-order valence-electron chi connectivity index (χ1n) is 5.83. The summed E-state index contributed by atoms with van der Waals surface area (Å²) >= 11 is 0. The van der Waals surface area contributed by atoms with Crippen LogP contribution in [0.4, 0.5) is 8.78 Å². The molecule has 0 aliphatic heterocycles. The van der Waals surface area contributed by atoms with Gasteiger partial charge in [-0.2, -0.15) is 0 Å². The molecule has 16 heavy (non-hydrogen) atoms. The number of benzene rings is 1. The van der Waals surface area contributed by atoms with E-state index < -0.39 is 11.6 Å². The number of likely N-dealkylation sites (N-methyl/N-ethyl adjacent to an activating group) is 1. The van der Waals surface area contributed by atoms with E-state index >= 15 is 0 Å². The molecule has 0 aliphatic rings. The van der Waals surface area contributed by atoms with Gasteiger partial charge in [0.15, 0.2) is 0 Å². The van der Waals surface area contributed by atoms with Crippen molar-refractivity contribution in [1.82, 2.24) is 5.32 Å². The van der Waals surface area contributed by atoms with E-state index in [4.69, 9.17) is 0 Å². The highest BCUT2D eigenvalue weighted by Gasteiger charge is 2.06. The summed E-state index contributed by atoms with van der Waals surface area (Å²) in [7, 11) is 1.75. The van der Waals surface area contributed by atoms with Crippen LogP contribution < -0.4 is 5.32 Å². The molecule has 94 valence electrons. The van der Waals surface area contributed by atoms with Crippen LogP contribution in [-0.4, -0.2) is 13.6 Å². The van der Waals surface area contributed by atoms with Crippen molar-refractivity contribution in [1.29, 1.82) is 0 Å². The number of hydrogen-bond donors (Lipinski definition) is 1. The Labute approximate surface area is 97.9 Å². The van der Waals surface area contributed by atoms with Crippen LogP contribution in [0.2, 0.25) is 0 Å². The Balaban J connectivity index is 0. The number of halogens is 2. The lowest BCUT2D eigenvalue weighted by atomic mass is 10.1. The lowest BCUT2D eigenvalue weighted by molar-refractivity contribution is 0.551. The molecule has 3 heteroatoms. The fourth-order valence-corrected chi connectivity index (χ4v) is 1.02. The van der Waals surface area contributed by atoms with Crippen LogP contribution in [0.3, 0.4) is 0 Å². The van der Waals surface area contributed by atoms with E-state index in [9.17, 15) is 8.78 Å². The van der Waals surface area contributed by atoms with Gasteiger partial charge in [0.1, 0.15) is 11.6 Å². The molecular weight excluding hydrogens is 208 g/mol. The predicted molar refractivity (Wildman–Crippen MR) is 66.7 cm³/mol. The molecule has 1 aromatic carbocycles. The summed E-state index contributed by atoms with van der Waals surface area (Å²) in [6, 6.07) is 3.91.